The summed E-state index contributed by atoms with van der Waals surface area (Å²) >= 11 is 1.56. The van der Waals surface area contributed by atoms with Gasteiger partial charge in [0, 0.05) is 10.8 Å². The number of carbonyl (C=O) groups is 2. The second-order valence-corrected chi connectivity index (χ2v) is 7.47. The molecular formula is C17H22N2O2S. The molecule has 118 valence electrons. The van der Waals surface area contributed by atoms with Gasteiger partial charge in [0.25, 0.3) is 5.91 Å². The van der Waals surface area contributed by atoms with E-state index in [4.69, 9.17) is 0 Å². The minimum atomic E-state index is -0.202. The first kappa shape index (κ1) is 15.3. The van der Waals surface area contributed by atoms with E-state index < -0.39 is 0 Å². The summed E-state index contributed by atoms with van der Waals surface area (Å²) in [6.45, 7) is 2.25. The molecule has 0 aliphatic heterocycles. The van der Waals surface area contributed by atoms with Crippen LogP contribution in [0.2, 0.25) is 0 Å². The molecule has 2 aliphatic rings. The molecule has 0 spiro atoms. The maximum Gasteiger partial charge on any atom is 0.279 e. The molecule has 22 heavy (non-hydrogen) atoms. The second kappa shape index (κ2) is 6.65. The van der Waals surface area contributed by atoms with E-state index in [0.717, 1.165) is 32.1 Å². The van der Waals surface area contributed by atoms with Gasteiger partial charge >= 0.3 is 0 Å². The van der Waals surface area contributed by atoms with Crippen molar-refractivity contribution in [3.05, 3.63) is 33.5 Å². The number of thiophene rings is 1. The molecule has 2 N–H and O–H groups in total. The molecule has 0 fully saturated rings. The monoisotopic (exact) mass is 318 g/mol. The Bertz CT molecular complexity index is 606. The summed E-state index contributed by atoms with van der Waals surface area (Å²) in [5.41, 5.74) is 6.44. The quantitative estimate of drug-likeness (QED) is 0.650. The van der Waals surface area contributed by atoms with Crippen molar-refractivity contribution >= 4 is 23.2 Å². The molecule has 0 bridgehead atoms. The zero-order chi connectivity index (χ0) is 15.5. The van der Waals surface area contributed by atoms with E-state index in [-0.39, 0.29) is 17.7 Å². The summed E-state index contributed by atoms with van der Waals surface area (Å²) in [5, 5.41) is 0. The predicted octanol–water partition coefficient (Wildman–Crippen LogP) is 2.99. The molecular weight excluding hydrogens is 296 g/mol. The molecule has 0 saturated heterocycles. The number of hydrogen-bond donors (Lipinski definition) is 2. The fourth-order valence-corrected chi connectivity index (χ4v) is 4.24. The number of allylic oxidation sites excluding steroid dienone is 2. The molecule has 2 amide bonds. The second-order valence-electron chi connectivity index (χ2n) is 6.33. The maximum absolute atomic E-state index is 12.2. The summed E-state index contributed by atoms with van der Waals surface area (Å²) in [7, 11) is 0. The number of amides is 2. The van der Waals surface area contributed by atoms with Gasteiger partial charge in [-0.25, -0.2) is 0 Å². The Hall–Kier alpha value is -1.62. The maximum atomic E-state index is 12.2. The van der Waals surface area contributed by atoms with E-state index >= 15 is 0 Å². The van der Waals surface area contributed by atoms with E-state index in [2.05, 4.69) is 23.9 Å². The van der Waals surface area contributed by atoms with Crippen molar-refractivity contribution in [3.8, 4) is 0 Å². The van der Waals surface area contributed by atoms with Gasteiger partial charge in [0.15, 0.2) is 0 Å². The zero-order valence-electron chi connectivity index (χ0n) is 12.9. The van der Waals surface area contributed by atoms with Gasteiger partial charge in [0.1, 0.15) is 0 Å². The molecule has 1 aromatic rings. The van der Waals surface area contributed by atoms with Crippen molar-refractivity contribution in [2.24, 2.45) is 11.8 Å². The first-order chi connectivity index (χ1) is 10.6. The van der Waals surface area contributed by atoms with Gasteiger partial charge in [-0.1, -0.05) is 19.1 Å². The highest BCUT2D eigenvalue weighted by atomic mass is 32.1. The number of nitrogens with one attached hydrogen (secondary N) is 2. The lowest BCUT2D eigenvalue weighted by Gasteiger charge is -2.17. The summed E-state index contributed by atoms with van der Waals surface area (Å²) in [5.74, 6) is 0.374. The molecule has 1 aromatic heterocycles. The van der Waals surface area contributed by atoms with E-state index in [9.17, 15) is 9.59 Å². The van der Waals surface area contributed by atoms with Gasteiger partial charge in [0.2, 0.25) is 5.91 Å². The summed E-state index contributed by atoms with van der Waals surface area (Å²) in [4.78, 5) is 26.2. The van der Waals surface area contributed by atoms with Crippen molar-refractivity contribution in [3.63, 3.8) is 0 Å². The highest BCUT2D eigenvalue weighted by Gasteiger charge is 2.22. The van der Waals surface area contributed by atoms with Gasteiger partial charge < -0.3 is 0 Å². The number of aryl methyl sites for hydroxylation is 1. The normalized spacial score (nSPS) is 23.7. The lowest BCUT2D eigenvalue weighted by atomic mass is 9.90. The third-order valence-electron chi connectivity index (χ3n) is 4.49. The summed E-state index contributed by atoms with van der Waals surface area (Å²) in [6.07, 6.45) is 9.98. The van der Waals surface area contributed by atoms with E-state index in [1.54, 1.807) is 11.3 Å². The SMILES string of the molecule is C[C@H]1CCc2sc(C(=O)NNC(=O)[C@@H]3CC=CCC3)cc2C1. The smallest absolute Gasteiger partial charge is 0.273 e. The highest BCUT2D eigenvalue weighted by Crippen LogP contribution is 2.32. The van der Waals surface area contributed by atoms with Gasteiger partial charge in [-0.15, -0.1) is 11.3 Å². The number of hydrogen-bond acceptors (Lipinski definition) is 3. The topological polar surface area (TPSA) is 58.2 Å². The van der Waals surface area contributed by atoms with Crippen LogP contribution in [0.25, 0.3) is 0 Å². The molecule has 2 aliphatic carbocycles. The first-order valence-corrected chi connectivity index (χ1v) is 8.82. The Labute approximate surface area is 135 Å². The Morgan fingerprint density at radius 3 is 2.86 bits per heavy atom. The van der Waals surface area contributed by atoms with Crippen molar-refractivity contribution in [2.75, 3.05) is 0 Å². The van der Waals surface area contributed by atoms with Crippen LogP contribution in [0.5, 0.6) is 0 Å². The van der Waals surface area contributed by atoms with Gasteiger partial charge in [-0.05, 0) is 56.1 Å². The van der Waals surface area contributed by atoms with Crippen molar-refractivity contribution < 1.29 is 9.59 Å². The highest BCUT2D eigenvalue weighted by molar-refractivity contribution is 7.14. The summed E-state index contributed by atoms with van der Waals surface area (Å²) < 4.78 is 0. The van der Waals surface area contributed by atoms with Crippen molar-refractivity contribution in [1.82, 2.24) is 10.9 Å². The molecule has 0 unspecified atom stereocenters. The number of rotatable bonds is 2. The fraction of sp³-hybridized carbons (Fsp3) is 0.529. The number of fused-ring (bicyclic) bond motifs is 1. The molecule has 5 heteroatoms. The zero-order valence-corrected chi connectivity index (χ0v) is 13.7. The van der Waals surface area contributed by atoms with E-state index in [1.807, 2.05) is 12.1 Å². The molecule has 0 saturated carbocycles. The van der Waals surface area contributed by atoms with Crippen LogP contribution in [0.4, 0.5) is 0 Å². The third-order valence-corrected chi connectivity index (χ3v) is 5.73. The fourth-order valence-electron chi connectivity index (χ4n) is 3.13. The van der Waals surface area contributed by atoms with Gasteiger partial charge in [0.05, 0.1) is 4.88 Å². The van der Waals surface area contributed by atoms with Crippen molar-refractivity contribution in [1.29, 1.82) is 0 Å². The summed E-state index contributed by atoms with van der Waals surface area (Å²) in [6, 6.07) is 1.99. The lowest BCUT2D eigenvalue weighted by molar-refractivity contribution is -0.126. The first-order valence-electron chi connectivity index (χ1n) is 8.00. The average molecular weight is 318 g/mol. The van der Waals surface area contributed by atoms with E-state index in [1.165, 1.54) is 16.9 Å². The Morgan fingerprint density at radius 2 is 2.09 bits per heavy atom. The van der Waals surface area contributed by atoms with Crippen LogP contribution >= 0.6 is 11.3 Å². The van der Waals surface area contributed by atoms with Crippen LogP contribution in [0.15, 0.2) is 18.2 Å². The van der Waals surface area contributed by atoms with Gasteiger partial charge in [-0.2, -0.15) is 0 Å². The van der Waals surface area contributed by atoms with Crippen molar-refractivity contribution in [2.45, 2.75) is 45.4 Å². The molecule has 0 aromatic carbocycles. The molecule has 4 nitrogen and oxygen atoms in total. The Morgan fingerprint density at radius 1 is 1.23 bits per heavy atom. The predicted molar refractivity (Wildman–Crippen MR) is 87.6 cm³/mol. The largest absolute Gasteiger partial charge is 0.279 e. The standard InChI is InChI=1S/C17H22N2O2S/c1-11-7-8-14-13(9-11)10-15(22-14)17(21)19-18-16(20)12-5-3-2-4-6-12/h2-3,10-12H,4-9H2,1H3,(H,18,20)(H,19,21)/t11-,12+/m0/s1. The van der Waals surface area contributed by atoms with E-state index in [0.29, 0.717) is 10.8 Å². The van der Waals surface area contributed by atoms with Gasteiger partial charge in [-0.3, -0.25) is 20.4 Å². The minimum absolute atomic E-state index is 0.0253. The lowest BCUT2D eigenvalue weighted by Crippen LogP contribution is -2.44. The van der Waals surface area contributed by atoms with Crippen LogP contribution < -0.4 is 10.9 Å². The minimum Gasteiger partial charge on any atom is -0.273 e. The van der Waals surface area contributed by atoms with Crippen LogP contribution in [0, 0.1) is 11.8 Å². The van der Waals surface area contributed by atoms with Crippen LogP contribution in [0.3, 0.4) is 0 Å². The molecule has 1 heterocycles. The third kappa shape index (κ3) is 3.40. The molecule has 0 radical (unpaired) electrons. The van der Waals surface area contributed by atoms with Crippen LogP contribution in [-0.2, 0) is 17.6 Å². The Kier molecular flexibility index (Phi) is 4.62. The molecule has 3 rings (SSSR count). The van der Waals surface area contributed by atoms with Crippen LogP contribution in [-0.4, -0.2) is 11.8 Å². The van der Waals surface area contributed by atoms with Crippen LogP contribution in [0.1, 0.15) is 52.7 Å². The Balaban J connectivity index is 1.56. The average Bonchev–Trinajstić information content (AvgIpc) is 2.96. The number of carbonyl (C=O) groups excluding carboxylic acids is 2. The molecule has 2 atom stereocenters. The number of hydrazine groups is 1.